The van der Waals surface area contributed by atoms with E-state index < -0.39 is 0 Å². The van der Waals surface area contributed by atoms with Gasteiger partial charge in [0.1, 0.15) is 0 Å². The molecule has 3 aromatic heterocycles. The number of hydrogen-bond acceptors (Lipinski definition) is 9. The van der Waals surface area contributed by atoms with Crippen LogP contribution >= 0.6 is 49.9 Å². The summed E-state index contributed by atoms with van der Waals surface area (Å²) in [6.07, 6.45) is 49.2. The van der Waals surface area contributed by atoms with Crippen molar-refractivity contribution in [1.29, 1.82) is 0 Å². The molecule has 0 saturated carbocycles. The predicted molar refractivity (Wildman–Crippen MR) is 394 cm³/mol. The largest absolute Gasteiger partial charge is 1.00 e. The minimum absolute atomic E-state index is 0. The first-order chi connectivity index (χ1) is 40.8. The number of rotatable bonds is 32. The smallest absolute Gasteiger partial charge is 0.403 e. The van der Waals surface area contributed by atoms with Crippen molar-refractivity contribution in [3.05, 3.63) is 74.5 Å². The van der Waals surface area contributed by atoms with Gasteiger partial charge in [0.05, 0.1) is 22.4 Å². The van der Waals surface area contributed by atoms with Gasteiger partial charge in [-0.1, -0.05) is 216 Å². The first-order valence-electron chi connectivity index (χ1n) is 35.0. The first kappa shape index (κ1) is 95.1. The van der Waals surface area contributed by atoms with E-state index in [1.54, 1.807) is 22.7 Å². The van der Waals surface area contributed by atoms with Crippen LogP contribution in [-0.4, -0.2) is 63.1 Å². The molecule has 504 valence electrons. The van der Waals surface area contributed by atoms with E-state index in [0.717, 1.165) is 45.7 Å². The van der Waals surface area contributed by atoms with Gasteiger partial charge in [-0.25, -0.2) is 0 Å². The third-order valence-electron chi connectivity index (χ3n) is 16.6. The summed E-state index contributed by atoms with van der Waals surface area (Å²) in [6, 6.07) is 6.56. The zero-order valence-electron chi connectivity index (χ0n) is 60.1. The second-order valence-corrected chi connectivity index (χ2v) is 29.6. The Morgan fingerprint density at radius 2 is 0.784 bits per heavy atom. The number of ether oxygens (including phenoxy) is 2. The van der Waals surface area contributed by atoms with E-state index >= 15 is 0 Å². The normalized spacial score (nSPS) is 16.1. The summed E-state index contributed by atoms with van der Waals surface area (Å²) < 4.78 is 36.5. The van der Waals surface area contributed by atoms with Crippen LogP contribution in [0, 0.1) is 13.8 Å². The van der Waals surface area contributed by atoms with Gasteiger partial charge in [-0.2, -0.15) is 46.9 Å². The summed E-state index contributed by atoms with van der Waals surface area (Å²) >= 11 is 8.59. The molecule has 7 heterocycles. The fourth-order valence-electron chi connectivity index (χ4n) is 9.26. The minimum atomic E-state index is -0.256. The van der Waals surface area contributed by atoms with Crippen LogP contribution in [0.3, 0.4) is 0 Å². The Hall–Kier alpha value is 0.665. The SMILES string of the molecule is Brc1ccsc1.C.C1CCOC1.C1CCOC1.CC(C)B1OC(C)(C)C(C)(C)O1.CCCCCCCCCCCCCCCc1ccsc1.CCCCCCCCCCCCCCCc1ccsc1B1OC(C)(C)C(C)(C)O1.[CH2-]CCC.[CH2-]CCC.[Li+].[Li+]. The van der Waals surface area contributed by atoms with Crippen molar-refractivity contribution < 1.29 is 65.8 Å². The van der Waals surface area contributed by atoms with Gasteiger partial charge in [0.15, 0.2) is 0 Å². The van der Waals surface area contributed by atoms with E-state index in [1.807, 2.05) is 28.2 Å². The van der Waals surface area contributed by atoms with Gasteiger partial charge in [0, 0.05) is 41.1 Å². The predicted octanol–water partition coefficient (Wildman–Crippen LogP) is 19.5. The molecule has 0 atom stereocenters. The van der Waals surface area contributed by atoms with Crippen LogP contribution in [0.2, 0.25) is 5.82 Å². The Kier molecular flexibility index (Phi) is 67.5. The van der Waals surface area contributed by atoms with Crippen molar-refractivity contribution in [2.45, 2.75) is 364 Å². The second-order valence-electron chi connectivity index (χ2n) is 26.2. The summed E-state index contributed by atoms with van der Waals surface area (Å²) in [5.74, 6) is 0.422. The van der Waals surface area contributed by atoms with Gasteiger partial charge in [-0.15, -0.1) is 0 Å². The Balaban J connectivity index is -0.000000515. The quantitative estimate of drug-likeness (QED) is 0.0353. The van der Waals surface area contributed by atoms with Gasteiger partial charge >= 0.3 is 52.0 Å². The third-order valence-corrected chi connectivity index (χ3v) is 19.8. The molecule has 6 nitrogen and oxygen atoms in total. The average Bonchev–Trinajstić information content (AvgIpc) is 1.90. The fourth-order valence-corrected chi connectivity index (χ4v) is 12.0. The molecule has 0 unspecified atom stereocenters. The molecule has 4 saturated heterocycles. The van der Waals surface area contributed by atoms with Crippen LogP contribution in [0.1, 0.15) is 334 Å². The minimum Gasteiger partial charge on any atom is -0.403 e. The second kappa shape index (κ2) is 62.5. The summed E-state index contributed by atoms with van der Waals surface area (Å²) in [5, 5.41) is 10.8. The zero-order chi connectivity index (χ0) is 63.3. The molecule has 4 aliphatic heterocycles. The van der Waals surface area contributed by atoms with Crippen molar-refractivity contribution >= 4 is 69.0 Å². The van der Waals surface area contributed by atoms with Crippen LogP contribution in [0.4, 0.5) is 0 Å². The molecule has 3 aromatic rings. The number of unbranched alkanes of at least 4 members (excludes halogenated alkanes) is 26. The van der Waals surface area contributed by atoms with E-state index in [-0.39, 0.29) is 81.8 Å². The van der Waals surface area contributed by atoms with Gasteiger partial charge in [0.25, 0.3) is 0 Å². The van der Waals surface area contributed by atoms with Crippen LogP contribution in [0.25, 0.3) is 0 Å². The molecule has 0 amide bonds. The molecule has 0 aromatic carbocycles. The van der Waals surface area contributed by atoms with Crippen LogP contribution in [-0.2, 0) is 40.9 Å². The molecular formula is C74H139B2BrLi2O6S3. The maximum atomic E-state index is 6.26. The zero-order valence-corrected chi connectivity index (χ0v) is 64.1. The molecule has 4 aliphatic rings. The van der Waals surface area contributed by atoms with Crippen molar-refractivity contribution in [2.75, 3.05) is 26.4 Å². The standard InChI is InChI=1S/C25H45BO2S.C19H34S.C9H19BO2.C4H3BrS.2C4H8O.2C4H9.CH4.2Li/c1-6-7-8-9-10-11-12-13-14-15-16-17-18-19-22-20-21-29-23(22)26-27-24(2,3)25(4,5)28-26;1-2-3-4-5-6-7-8-9-10-11-12-13-14-15-19-16-17-20-18-19;1-7(2)10-11-8(3,4)9(5,6)12-10;5-4-1-2-6-3-4;2*1-2-4-5-3-1;2*1-3-4-2;;;/h20-21H,6-19H2,1-5H3;16-18H,2-15H2,1H3;7H,1-6H3;1-3H;2*1-4H2;2*1,3-4H2,2H3;1H4;;/q;;;;;;2*-1;;2*+1. The summed E-state index contributed by atoms with van der Waals surface area (Å²) in [6.45, 7) is 41.1. The van der Waals surface area contributed by atoms with Gasteiger partial charge in [-0.3, -0.25) is 0 Å². The molecule has 88 heavy (non-hydrogen) atoms. The number of halogens is 1. The van der Waals surface area contributed by atoms with Crippen molar-refractivity contribution in [2.24, 2.45) is 0 Å². The van der Waals surface area contributed by atoms with Crippen molar-refractivity contribution in [3.8, 4) is 0 Å². The van der Waals surface area contributed by atoms with E-state index in [2.05, 4.69) is 155 Å². The van der Waals surface area contributed by atoms with E-state index in [4.69, 9.17) is 28.1 Å². The molecule has 7 rings (SSSR count). The third kappa shape index (κ3) is 50.1. The topological polar surface area (TPSA) is 55.4 Å². The molecule has 4 fully saturated rings. The Morgan fingerprint density at radius 1 is 0.455 bits per heavy atom. The summed E-state index contributed by atoms with van der Waals surface area (Å²) in [5.41, 5.74) is 2.10. The van der Waals surface area contributed by atoms with Crippen LogP contribution < -0.4 is 42.5 Å². The number of thiophene rings is 3. The summed E-state index contributed by atoms with van der Waals surface area (Å²) in [7, 11) is -0.244. The monoisotopic (exact) mass is 1330 g/mol. The van der Waals surface area contributed by atoms with Gasteiger partial charge in [0.2, 0.25) is 0 Å². The number of aryl methyl sites for hydroxylation is 2. The molecule has 0 spiro atoms. The Morgan fingerprint density at radius 3 is 1.05 bits per heavy atom. The van der Waals surface area contributed by atoms with Crippen molar-refractivity contribution in [3.63, 3.8) is 0 Å². The maximum absolute atomic E-state index is 6.26. The molecule has 0 N–H and O–H groups in total. The molecule has 14 heteroatoms. The summed E-state index contributed by atoms with van der Waals surface area (Å²) in [4.78, 5) is 0. The van der Waals surface area contributed by atoms with E-state index in [9.17, 15) is 0 Å². The van der Waals surface area contributed by atoms with E-state index in [0.29, 0.717) is 5.82 Å². The molecular weight excluding hydrogens is 1200 g/mol. The Labute approximate surface area is 594 Å². The van der Waals surface area contributed by atoms with Crippen LogP contribution in [0.15, 0.2) is 49.6 Å². The van der Waals surface area contributed by atoms with Crippen molar-refractivity contribution in [1.82, 2.24) is 0 Å². The Bertz CT molecular complexity index is 1760. The fraction of sp³-hybridized carbons (Fsp3) is 0.811. The first-order valence-corrected chi connectivity index (χ1v) is 38.5. The molecule has 0 aliphatic carbocycles. The molecule has 0 bridgehead atoms. The molecule has 0 radical (unpaired) electrons. The number of hydrogen-bond donors (Lipinski definition) is 0. The average molecular weight is 1340 g/mol. The van der Waals surface area contributed by atoms with E-state index in [1.165, 1.54) is 232 Å². The van der Waals surface area contributed by atoms with Crippen LogP contribution in [0.5, 0.6) is 0 Å². The van der Waals surface area contributed by atoms with Gasteiger partial charge < -0.3 is 41.9 Å². The maximum Gasteiger partial charge on any atom is 1.00 e. The van der Waals surface area contributed by atoms with Gasteiger partial charge in [-0.05, 0) is 179 Å².